The minimum Gasteiger partial charge on any atom is -0.497 e. The Balaban J connectivity index is 1.99. The van der Waals surface area contributed by atoms with E-state index in [0.717, 1.165) is 17.9 Å². The zero-order valence-corrected chi connectivity index (χ0v) is 14.2. The second-order valence-electron chi connectivity index (χ2n) is 5.88. The summed E-state index contributed by atoms with van der Waals surface area (Å²) in [4.78, 5) is 0. The molecule has 0 radical (unpaired) electrons. The first-order valence-electron chi connectivity index (χ1n) is 8.15. The van der Waals surface area contributed by atoms with E-state index in [1.54, 1.807) is 14.2 Å². The van der Waals surface area contributed by atoms with E-state index < -0.39 is 0 Å². The third kappa shape index (κ3) is 3.22. The number of ether oxygens (including phenoxy) is 2. The van der Waals surface area contributed by atoms with Crippen molar-refractivity contribution in [3.05, 3.63) is 71.8 Å². The molecule has 0 aliphatic heterocycles. The lowest BCUT2D eigenvalue weighted by Crippen LogP contribution is -2.15. The van der Waals surface area contributed by atoms with Crippen molar-refractivity contribution in [1.29, 1.82) is 0 Å². The lowest BCUT2D eigenvalue weighted by Gasteiger charge is -2.19. The van der Waals surface area contributed by atoms with Gasteiger partial charge in [0.25, 0.3) is 0 Å². The van der Waals surface area contributed by atoms with E-state index >= 15 is 0 Å². The van der Waals surface area contributed by atoms with Gasteiger partial charge in [-0.2, -0.15) is 0 Å². The van der Waals surface area contributed by atoms with Crippen molar-refractivity contribution >= 4 is 10.8 Å². The summed E-state index contributed by atoms with van der Waals surface area (Å²) in [5.74, 6) is 2.01. The molecule has 1 atom stereocenters. The molecule has 0 fully saturated rings. The van der Waals surface area contributed by atoms with Crippen molar-refractivity contribution in [2.24, 2.45) is 5.73 Å². The van der Waals surface area contributed by atoms with Crippen LogP contribution in [0, 0.1) is 0 Å². The fourth-order valence-corrected chi connectivity index (χ4v) is 3.18. The summed E-state index contributed by atoms with van der Waals surface area (Å²) in [5, 5.41) is 2.45. The van der Waals surface area contributed by atoms with Gasteiger partial charge in [0.1, 0.15) is 11.5 Å². The van der Waals surface area contributed by atoms with Crippen LogP contribution in [0.5, 0.6) is 11.5 Å². The first-order chi connectivity index (χ1) is 11.8. The molecule has 0 amide bonds. The maximum atomic E-state index is 6.09. The molecule has 24 heavy (non-hydrogen) atoms. The van der Waals surface area contributed by atoms with Gasteiger partial charge in [0, 0.05) is 11.5 Å². The molecule has 0 aliphatic carbocycles. The molecule has 1 unspecified atom stereocenters. The summed E-state index contributed by atoms with van der Waals surface area (Å²) in [6.45, 7) is 0.582. The van der Waals surface area contributed by atoms with Crippen LogP contribution >= 0.6 is 0 Å². The summed E-state index contributed by atoms with van der Waals surface area (Å²) in [5.41, 5.74) is 8.51. The Hall–Kier alpha value is -2.52. The number of nitrogens with two attached hydrogens (primary N) is 1. The lowest BCUT2D eigenvalue weighted by atomic mass is 9.89. The SMILES string of the molecule is COc1ccc(C(CN)Cc2c(OC)ccc3ccccc23)cc1. The summed E-state index contributed by atoms with van der Waals surface area (Å²) in [6, 6.07) is 20.7. The lowest BCUT2D eigenvalue weighted by molar-refractivity contribution is 0.409. The van der Waals surface area contributed by atoms with E-state index in [1.807, 2.05) is 18.2 Å². The monoisotopic (exact) mass is 321 g/mol. The molecule has 3 heteroatoms. The molecule has 3 rings (SSSR count). The number of rotatable bonds is 6. The Kier molecular flexibility index (Phi) is 5.02. The fourth-order valence-electron chi connectivity index (χ4n) is 3.18. The molecule has 124 valence electrons. The summed E-state index contributed by atoms with van der Waals surface area (Å²) < 4.78 is 10.9. The number of fused-ring (bicyclic) bond motifs is 1. The van der Waals surface area contributed by atoms with Crippen LogP contribution in [0.25, 0.3) is 10.8 Å². The van der Waals surface area contributed by atoms with Gasteiger partial charge in [0.05, 0.1) is 14.2 Å². The topological polar surface area (TPSA) is 44.5 Å². The molecule has 0 aromatic heterocycles. The smallest absolute Gasteiger partial charge is 0.122 e. The van der Waals surface area contributed by atoms with Crippen LogP contribution < -0.4 is 15.2 Å². The van der Waals surface area contributed by atoms with Crippen LogP contribution in [-0.4, -0.2) is 20.8 Å². The van der Waals surface area contributed by atoms with Gasteiger partial charge in [-0.15, -0.1) is 0 Å². The highest BCUT2D eigenvalue weighted by molar-refractivity contribution is 5.87. The van der Waals surface area contributed by atoms with Gasteiger partial charge in [-0.25, -0.2) is 0 Å². The molecule has 0 aliphatic rings. The minimum atomic E-state index is 0.232. The molecule has 0 bridgehead atoms. The molecule has 3 nitrogen and oxygen atoms in total. The Bertz CT molecular complexity index is 812. The second-order valence-corrected chi connectivity index (χ2v) is 5.88. The third-order valence-electron chi connectivity index (χ3n) is 4.54. The van der Waals surface area contributed by atoms with E-state index in [2.05, 4.69) is 42.5 Å². The second kappa shape index (κ2) is 7.37. The Labute approximate surface area is 143 Å². The van der Waals surface area contributed by atoms with E-state index in [-0.39, 0.29) is 5.92 Å². The third-order valence-corrected chi connectivity index (χ3v) is 4.54. The van der Waals surface area contributed by atoms with E-state index in [9.17, 15) is 0 Å². The van der Waals surface area contributed by atoms with Gasteiger partial charge >= 0.3 is 0 Å². The van der Waals surface area contributed by atoms with Crippen molar-refractivity contribution in [1.82, 2.24) is 0 Å². The maximum absolute atomic E-state index is 6.09. The number of methoxy groups -OCH3 is 2. The summed E-state index contributed by atoms with van der Waals surface area (Å²) in [7, 11) is 3.40. The van der Waals surface area contributed by atoms with Crippen LogP contribution in [0.15, 0.2) is 60.7 Å². The van der Waals surface area contributed by atoms with Gasteiger partial charge < -0.3 is 15.2 Å². The maximum Gasteiger partial charge on any atom is 0.122 e. The van der Waals surface area contributed by atoms with Crippen LogP contribution in [0.4, 0.5) is 0 Å². The summed E-state index contributed by atoms with van der Waals surface area (Å²) in [6.07, 6.45) is 0.841. The van der Waals surface area contributed by atoms with Crippen molar-refractivity contribution < 1.29 is 9.47 Å². The quantitative estimate of drug-likeness (QED) is 0.742. The standard InChI is InChI=1S/C21H23NO2/c1-23-18-10-7-15(8-11-18)17(14-22)13-20-19-6-4-3-5-16(19)9-12-21(20)24-2/h3-12,17H,13-14,22H2,1-2H3. The molecular weight excluding hydrogens is 298 g/mol. The Morgan fingerprint density at radius 2 is 1.62 bits per heavy atom. The first-order valence-corrected chi connectivity index (χ1v) is 8.15. The predicted octanol–water partition coefficient (Wildman–Crippen LogP) is 4.14. The van der Waals surface area contributed by atoms with Crippen LogP contribution in [0.1, 0.15) is 17.0 Å². The molecule has 2 N–H and O–H groups in total. The molecule has 0 spiro atoms. The summed E-state index contributed by atoms with van der Waals surface area (Å²) >= 11 is 0. The number of hydrogen-bond acceptors (Lipinski definition) is 3. The van der Waals surface area contributed by atoms with E-state index in [1.165, 1.54) is 21.9 Å². The molecule has 0 heterocycles. The van der Waals surface area contributed by atoms with Crippen molar-refractivity contribution in [2.75, 3.05) is 20.8 Å². The van der Waals surface area contributed by atoms with Gasteiger partial charge in [0.15, 0.2) is 0 Å². The highest BCUT2D eigenvalue weighted by Gasteiger charge is 2.16. The molecule has 0 saturated carbocycles. The molecule has 0 saturated heterocycles. The zero-order chi connectivity index (χ0) is 16.9. The Morgan fingerprint density at radius 1 is 0.875 bits per heavy atom. The molecule has 3 aromatic rings. The first kappa shape index (κ1) is 16.3. The van der Waals surface area contributed by atoms with Gasteiger partial charge in [-0.1, -0.05) is 42.5 Å². The highest BCUT2D eigenvalue weighted by atomic mass is 16.5. The van der Waals surface area contributed by atoms with Gasteiger partial charge in [0.2, 0.25) is 0 Å². The predicted molar refractivity (Wildman–Crippen MR) is 99.0 cm³/mol. The van der Waals surface area contributed by atoms with Gasteiger partial charge in [-0.05, 0) is 47.5 Å². The van der Waals surface area contributed by atoms with E-state index in [0.29, 0.717) is 6.54 Å². The number of benzene rings is 3. The fraction of sp³-hybridized carbons (Fsp3) is 0.238. The largest absolute Gasteiger partial charge is 0.497 e. The average Bonchev–Trinajstić information content (AvgIpc) is 2.66. The van der Waals surface area contributed by atoms with E-state index in [4.69, 9.17) is 15.2 Å². The van der Waals surface area contributed by atoms with Gasteiger partial charge in [-0.3, -0.25) is 0 Å². The van der Waals surface area contributed by atoms with Crippen LogP contribution in [0.3, 0.4) is 0 Å². The highest BCUT2D eigenvalue weighted by Crippen LogP contribution is 2.33. The van der Waals surface area contributed by atoms with Crippen molar-refractivity contribution in [3.63, 3.8) is 0 Å². The van der Waals surface area contributed by atoms with Crippen LogP contribution in [-0.2, 0) is 6.42 Å². The average molecular weight is 321 g/mol. The Morgan fingerprint density at radius 3 is 2.29 bits per heavy atom. The van der Waals surface area contributed by atoms with Crippen molar-refractivity contribution in [2.45, 2.75) is 12.3 Å². The van der Waals surface area contributed by atoms with Crippen LogP contribution in [0.2, 0.25) is 0 Å². The number of hydrogen-bond donors (Lipinski definition) is 1. The molecule has 3 aromatic carbocycles. The van der Waals surface area contributed by atoms with Crippen molar-refractivity contribution in [3.8, 4) is 11.5 Å². The molecular formula is C21H23NO2. The zero-order valence-electron chi connectivity index (χ0n) is 14.2. The minimum absolute atomic E-state index is 0.232. The normalized spacial score (nSPS) is 12.1.